The first kappa shape index (κ1) is 25.4. The van der Waals surface area contributed by atoms with E-state index in [0.717, 1.165) is 43.2 Å². The lowest BCUT2D eigenvalue weighted by Gasteiger charge is -2.25. The zero-order valence-corrected chi connectivity index (χ0v) is 20.7. The Morgan fingerprint density at radius 2 is 1.97 bits per heavy atom. The highest BCUT2D eigenvalue weighted by Gasteiger charge is 2.40. The van der Waals surface area contributed by atoms with E-state index < -0.39 is 11.9 Å². The standard InChI is InChI=1S/C29H33N3O4/c1-36-27(33)17-25-16-26(32(29(25)35)13-5-8-20-6-3-2-4-7-20)19-31-28(34)24-12-11-22-14-21(18-30)9-10-23(22)15-24/h2-4,6-7,11-12,15,21,25-26H,5,8-10,13-14,16-17,19H2,1H3,(H,31,34)/t21?,25-,26-/m0/s1. The van der Waals surface area contributed by atoms with Crippen molar-refractivity contribution in [2.24, 2.45) is 11.8 Å². The predicted octanol–water partition coefficient (Wildman–Crippen LogP) is 3.46. The second-order valence-corrected chi connectivity index (χ2v) is 9.75. The average Bonchev–Trinajstić information content (AvgIpc) is 3.20. The molecule has 0 aromatic heterocycles. The van der Waals surface area contributed by atoms with Crippen molar-refractivity contribution in [2.75, 3.05) is 20.2 Å². The average molecular weight is 488 g/mol. The number of benzene rings is 2. The molecule has 2 amide bonds. The van der Waals surface area contributed by atoms with Crippen LogP contribution in [-0.4, -0.2) is 48.9 Å². The smallest absolute Gasteiger partial charge is 0.306 e. The molecule has 7 nitrogen and oxygen atoms in total. The molecule has 2 aliphatic rings. The van der Waals surface area contributed by atoms with Crippen LogP contribution in [0.4, 0.5) is 0 Å². The third-order valence-corrected chi connectivity index (χ3v) is 7.36. The van der Waals surface area contributed by atoms with Crippen molar-refractivity contribution >= 4 is 17.8 Å². The van der Waals surface area contributed by atoms with Crippen LogP contribution in [-0.2, 0) is 33.6 Å². The molecular formula is C29H33N3O4. The van der Waals surface area contributed by atoms with Crippen LogP contribution < -0.4 is 5.32 Å². The monoisotopic (exact) mass is 487 g/mol. The summed E-state index contributed by atoms with van der Waals surface area (Å²) in [4.78, 5) is 39.8. The topological polar surface area (TPSA) is 99.5 Å². The summed E-state index contributed by atoms with van der Waals surface area (Å²) in [5.74, 6) is -0.993. The molecule has 1 aliphatic carbocycles. The van der Waals surface area contributed by atoms with Gasteiger partial charge >= 0.3 is 5.97 Å². The lowest BCUT2D eigenvalue weighted by atomic mass is 9.84. The molecule has 1 aliphatic heterocycles. The maximum Gasteiger partial charge on any atom is 0.306 e. The quantitative estimate of drug-likeness (QED) is 0.546. The highest BCUT2D eigenvalue weighted by atomic mass is 16.5. The van der Waals surface area contributed by atoms with Gasteiger partial charge in [0.1, 0.15) is 0 Å². The van der Waals surface area contributed by atoms with Crippen LogP contribution in [0, 0.1) is 23.2 Å². The number of carbonyl (C=O) groups excluding carboxylic acids is 3. The highest BCUT2D eigenvalue weighted by Crippen LogP contribution is 2.29. The Labute approximate surface area is 212 Å². The van der Waals surface area contributed by atoms with Gasteiger partial charge in [0.15, 0.2) is 0 Å². The first-order valence-electron chi connectivity index (χ1n) is 12.7. The number of hydrogen-bond donors (Lipinski definition) is 1. The lowest BCUT2D eigenvalue weighted by molar-refractivity contribution is -0.144. The third kappa shape index (κ3) is 6.12. The SMILES string of the molecule is COC(=O)C[C@@H]1C[C@@H](CNC(=O)c2ccc3c(c2)CCC(C#N)C3)N(CCCc2ccccc2)C1=O. The van der Waals surface area contributed by atoms with Crippen molar-refractivity contribution in [1.29, 1.82) is 5.26 Å². The second-order valence-electron chi connectivity index (χ2n) is 9.75. The molecule has 7 heteroatoms. The number of nitrogens with one attached hydrogen (secondary N) is 1. The molecule has 1 unspecified atom stereocenters. The van der Waals surface area contributed by atoms with Gasteiger partial charge in [-0.1, -0.05) is 36.4 Å². The minimum Gasteiger partial charge on any atom is -0.469 e. The van der Waals surface area contributed by atoms with Gasteiger partial charge < -0.3 is 15.0 Å². The van der Waals surface area contributed by atoms with Crippen LogP contribution >= 0.6 is 0 Å². The van der Waals surface area contributed by atoms with E-state index in [-0.39, 0.29) is 30.2 Å². The van der Waals surface area contributed by atoms with Crippen LogP contribution in [0.15, 0.2) is 48.5 Å². The Kier molecular flexibility index (Phi) is 8.37. The number of carbonyl (C=O) groups is 3. The number of methoxy groups -OCH3 is 1. The summed E-state index contributed by atoms with van der Waals surface area (Å²) in [6, 6.07) is 18.0. The van der Waals surface area contributed by atoms with Gasteiger partial charge in [-0.05, 0) is 67.3 Å². The number of nitrogens with zero attached hydrogens (tertiary/aromatic N) is 2. The van der Waals surface area contributed by atoms with E-state index in [1.165, 1.54) is 12.7 Å². The van der Waals surface area contributed by atoms with Crippen LogP contribution in [0.25, 0.3) is 0 Å². The molecule has 36 heavy (non-hydrogen) atoms. The van der Waals surface area contributed by atoms with Gasteiger partial charge in [-0.15, -0.1) is 0 Å². The van der Waals surface area contributed by atoms with Gasteiger partial charge in [0.05, 0.1) is 31.4 Å². The highest BCUT2D eigenvalue weighted by molar-refractivity contribution is 5.94. The first-order chi connectivity index (χ1) is 17.5. The number of hydrogen-bond acceptors (Lipinski definition) is 5. The normalized spacial score (nSPS) is 20.9. The van der Waals surface area contributed by atoms with Gasteiger partial charge in [0.25, 0.3) is 5.91 Å². The van der Waals surface area contributed by atoms with Crippen molar-refractivity contribution < 1.29 is 19.1 Å². The molecule has 0 radical (unpaired) electrons. The van der Waals surface area contributed by atoms with E-state index in [1.54, 1.807) is 0 Å². The zero-order valence-electron chi connectivity index (χ0n) is 20.7. The number of rotatable bonds is 9. The molecule has 2 aromatic carbocycles. The molecular weight excluding hydrogens is 454 g/mol. The number of fused-ring (bicyclic) bond motifs is 1. The number of amides is 2. The number of nitriles is 1. The number of ether oxygens (including phenoxy) is 1. The fourth-order valence-electron chi connectivity index (χ4n) is 5.33. The van der Waals surface area contributed by atoms with Crippen molar-refractivity contribution in [3.05, 3.63) is 70.8 Å². The Morgan fingerprint density at radius 3 is 2.72 bits per heavy atom. The maximum atomic E-state index is 13.1. The number of aryl methyl sites for hydroxylation is 2. The molecule has 1 fully saturated rings. The summed E-state index contributed by atoms with van der Waals surface area (Å²) in [7, 11) is 1.33. The lowest BCUT2D eigenvalue weighted by Crippen LogP contribution is -2.42. The Bertz CT molecular complexity index is 1140. The molecule has 3 atom stereocenters. The molecule has 2 aromatic rings. The van der Waals surface area contributed by atoms with Crippen LogP contribution in [0.3, 0.4) is 0 Å². The fourth-order valence-corrected chi connectivity index (χ4v) is 5.33. The van der Waals surface area contributed by atoms with Crippen molar-refractivity contribution in [3.63, 3.8) is 0 Å². The summed E-state index contributed by atoms with van der Waals surface area (Å²) in [5.41, 5.74) is 4.08. The Morgan fingerprint density at radius 1 is 1.17 bits per heavy atom. The van der Waals surface area contributed by atoms with E-state index in [1.807, 2.05) is 41.3 Å². The van der Waals surface area contributed by atoms with E-state index in [9.17, 15) is 19.6 Å². The summed E-state index contributed by atoms with van der Waals surface area (Å²) >= 11 is 0. The van der Waals surface area contributed by atoms with Crippen LogP contribution in [0.2, 0.25) is 0 Å². The van der Waals surface area contributed by atoms with Crippen LogP contribution in [0.1, 0.15) is 52.7 Å². The number of likely N-dealkylation sites (tertiary alicyclic amines) is 1. The van der Waals surface area contributed by atoms with Gasteiger partial charge in [-0.2, -0.15) is 5.26 Å². The Balaban J connectivity index is 1.38. The van der Waals surface area contributed by atoms with Crippen molar-refractivity contribution in [2.45, 2.75) is 51.0 Å². The summed E-state index contributed by atoms with van der Waals surface area (Å²) in [5, 5.41) is 12.2. The fraction of sp³-hybridized carbons (Fsp3) is 0.448. The first-order valence-corrected chi connectivity index (χ1v) is 12.7. The van der Waals surface area contributed by atoms with Crippen molar-refractivity contribution in [3.8, 4) is 6.07 Å². The second kappa shape index (κ2) is 11.9. The van der Waals surface area contributed by atoms with E-state index >= 15 is 0 Å². The molecule has 188 valence electrons. The van der Waals surface area contributed by atoms with Gasteiger partial charge in [0.2, 0.25) is 5.91 Å². The third-order valence-electron chi connectivity index (χ3n) is 7.36. The molecule has 4 rings (SSSR count). The summed E-state index contributed by atoms with van der Waals surface area (Å²) in [6.07, 6.45) is 4.58. The molecule has 1 heterocycles. The van der Waals surface area contributed by atoms with E-state index in [2.05, 4.69) is 23.5 Å². The minimum absolute atomic E-state index is 0.0443. The molecule has 1 saturated heterocycles. The largest absolute Gasteiger partial charge is 0.469 e. The van der Waals surface area contributed by atoms with Crippen LogP contribution in [0.5, 0.6) is 0 Å². The number of esters is 1. The molecule has 1 N–H and O–H groups in total. The maximum absolute atomic E-state index is 13.1. The zero-order chi connectivity index (χ0) is 25.5. The molecule has 0 spiro atoms. The van der Waals surface area contributed by atoms with E-state index in [0.29, 0.717) is 25.1 Å². The van der Waals surface area contributed by atoms with E-state index in [4.69, 9.17) is 4.74 Å². The molecule has 0 saturated carbocycles. The predicted molar refractivity (Wildman–Crippen MR) is 135 cm³/mol. The summed E-state index contributed by atoms with van der Waals surface area (Å²) < 4.78 is 4.79. The van der Waals surface area contributed by atoms with Crippen molar-refractivity contribution in [1.82, 2.24) is 10.2 Å². The Hall–Kier alpha value is -3.66. The summed E-state index contributed by atoms with van der Waals surface area (Å²) in [6.45, 7) is 0.909. The molecule has 0 bridgehead atoms. The van der Waals surface area contributed by atoms with Gasteiger partial charge in [-0.3, -0.25) is 14.4 Å². The minimum atomic E-state index is -0.423. The van der Waals surface area contributed by atoms with Gasteiger partial charge in [0, 0.05) is 24.7 Å². The van der Waals surface area contributed by atoms with Gasteiger partial charge in [-0.25, -0.2) is 0 Å².